The average Bonchev–Trinajstić information content (AvgIpc) is 2.82. The minimum atomic E-state index is -0.0578. The zero-order valence-corrected chi connectivity index (χ0v) is 15.3. The van der Waals surface area contributed by atoms with Crippen molar-refractivity contribution >= 4 is 47.2 Å². The Bertz CT molecular complexity index is 558. The lowest BCUT2D eigenvalue weighted by molar-refractivity contribution is -0.117. The largest absolute Gasteiger partial charge is 0.324 e. The molecule has 2 fully saturated rings. The molecule has 0 radical (unpaired) electrons. The Morgan fingerprint density at radius 3 is 2.61 bits per heavy atom. The Labute approximate surface area is 153 Å². The number of amides is 1. The Morgan fingerprint density at radius 2 is 1.96 bits per heavy atom. The Kier molecular flexibility index (Phi) is 6.57. The van der Waals surface area contributed by atoms with Crippen LogP contribution < -0.4 is 10.6 Å². The van der Waals surface area contributed by atoms with E-state index in [4.69, 9.17) is 23.2 Å². The summed E-state index contributed by atoms with van der Waals surface area (Å²) >= 11 is 12.1. The van der Waals surface area contributed by atoms with Crippen molar-refractivity contribution in [1.82, 2.24) is 10.2 Å². The number of fused-ring (bicyclic) bond motifs is 2. The fourth-order valence-electron chi connectivity index (χ4n) is 3.53. The number of likely N-dealkylation sites (N-methyl/N-ethyl adjacent to an activating group) is 1. The number of nitrogens with one attached hydrogen (secondary N) is 2. The topological polar surface area (TPSA) is 44.4 Å². The molecule has 4 nitrogen and oxygen atoms in total. The maximum Gasteiger partial charge on any atom is 0.238 e. The lowest BCUT2D eigenvalue weighted by Crippen LogP contribution is -2.48. The van der Waals surface area contributed by atoms with Crippen LogP contribution in [0.1, 0.15) is 25.7 Å². The predicted octanol–water partition coefficient (Wildman–Crippen LogP) is 3.57. The Hall–Kier alpha value is -0.520. The first-order chi connectivity index (χ1) is 10.5. The molecule has 2 saturated heterocycles. The van der Waals surface area contributed by atoms with Gasteiger partial charge >= 0.3 is 0 Å². The van der Waals surface area contributed by atoms with E-state index in [1.807, 2.05) is 7.05 Å². The number of hydrogen-bond acceptors (Lipinski definition) is 3. The lowest BCUT2D eigenvalue weighted by Gasteiger charge is -2.35. The molecule has 0 spiro atoms. The van der Waals surface area contributed by atoms with E-state index in [1.54, 1.807) is 18.2 Å². The summed E-state index contributed by atoms with van der Waals surface area (Å²) < 4.78 is 0. The van der Waals surface area contributed by atoms with Crippen molar-refractivity contribution in [1.29, 1.82) is 0 Å². The van der Waals surface area contributed by atoms with Gasteiger partial charge in [-0.15, -0.1) is 12.4 Å². The molecule has 0 saturated carbocycles. The molecule has 23 heavy (non-hydrogen) atoms. The summed E-state index contributed by atoms with van der Waals surface area (Å²) in [6.45, 7) is 0.368. The van der Waals surface area contributed by atoms with Gasteiger partial charge in [-0.2, -0.15) is 0 Å². The molecule has 1 aromatic carbocycles. The van der Waals surface area contributed by atoms with Gasteiger partial charge in [0, 0.05) is 18.1 Å². The molecule has 128 valence electrons. The molecule has 2 aliphatic rings. The van der Waals surface area contributed by atoms with Gasteiger partial charge in [-0.3, -0.25) is 9.69 Å². The number of carbonyl (C=O) groups excluding carboxylic acids is 1. The fourth-order valence-corrected chi connectivity index (χ4v) is 3.88. The molecular weight excluding hydrogens is 357 g/mol. The van der Waals surface area contributed by atoms with E-state index >= 15 is 0 Å². The number of rotatable bonds is 4. The van der Waals surface area contributed by atoms with Gasteiger partial charge < -0.3 is 10.6 Å². The van der Waals surface area contributed by atoms with Gasteiger partial charge in [-0.05, 0) is 44.9 Å². The second kappa shape index (κ2) is 8.04. The first-order valence-corrected chi connectivity index (χ1v) is 8.48. The third-order valence-corrected chi connectivity index (χ3v) is 5.51. The Morgan fingerprint density at radius 1 is 1.30 bits per heavy atom. The van der Waals surface area contributed by atoms with Crippen LogP contribution in [0.25, 0.3) is 0 Å². The third kappa shape index (κ3) is 4.52. The first kappa shape index (κ1) is 18.8. The van der Waals surface area contributed by atoms with Crippen molar-refractivity contribution in [2.24, 2.45) is 0 Å². The van der Waals surface area contributed by atoms with E-state index in [0.717, 1.165) is 12.8 Å². The van der Waals surface area contributed by atoms with Crippen molar-refractivity contribution in [2.75, 3.05) is 18.9 Å². The van der Waals surface area contributed by atoms with Gasteiger partial charge in [-0.25, -0.2) is 0 Å². The van der Waals surface area contributed by atoms with Crippen molar-refractivity contribution in [3.8, 4) is 0 Å². The van der Waals surface area contributed by atoms with E-state index in [1.165, 1.54) is 12.8 Å². The predicted molar refractivity (Wildman–Crippen MR) is 97.9 cm³/mol. The summed E-state index contributed by atoms with van der Waals surface area (Å²) in [5.41, 5.74) is 0.568. The maximum atomic E-state index is 12.2. The number of carbonyl (C=O) groups is 1. The van der Waals surface area contributed by atoms with Crippen LogP contribution in [0.15, 0.2) is 18.2 Å². The number of halogens is 3. The smallest absolute Gasteiger partial charge is 0.238 e. The first-order valence-electron chi connectivity index (χ1n) is 7.73. The summed E-state index contributed by atoms with van der Waals surface area (Å²) in [6.07, 6.45) is 4.77. The molecule has 2 aliphatic heterocycles. The summed E-state index contributed by atoms with van der Waals surface area (Å²) in [4.78, 5) is 14.4. The highest BCUT2D eigenvalue weighted by atomic mass is 35.5. The monoisotopic (exact) mass is 377 g/mol. The fraction of sp³-hybridized carbons (Fsp3) is 0.562. The van der Waals surface area contributed by atoms with E-state index in [9.17, 15) is 4.79 Å². The van der Waals surface area contributed by atoms with Crippen LogP contribution >= 0.6 is 35.6 Å². The second-order valence-corrected chi connectivity index (χ2v) is 7.11. The summed E-state index contributed by atoms with van der Waals surface area (Å²) in [5.74, 6) is -0.0578. The van der Waals surface area contributed by atoms with Crippen LogP contribution in [0.5, 0.6) is 0 Å². The van der Waals surface area contributed by atoms with Gasteiger partial charge in [0.1, 0.15) is 0 Å². The lowest BCUT2D eigenvalue weighted by atomic mass is 9.98. The summed E-state index contributed by atoms with van der Waals surface area (Å²) in [6, 6.07) is 6.96. The highest BCUT2D eigenvalue weighted by Crippen LogP contribution is 2.30. The molecule has 1 aromatic rings. The molecule has 1 amide bonds. The highest BCUT2D eigenvalue weighted by Gasteiger charge is 2.35. The molecule has 7 heteroatoms. The van der Waals surface area contributed by atoms with Gasteiger partial charge in [0.05, 0.1) is 22.3 Å². The number of hydrogen-bond donors (Lipinski definition) is 2. The number of nitrogens with zero attached hydrogens (tertiary/aromatic N) is 1. The van der Waals surface area contributed by atoms with Crippen LogP contribution in [0, 0.1) is 0 Å². The van der Waals surface area contributed by atoms with Crippen LogP contribution in [0.3, 0.4) is 0 Å². The SMILES string of the molecule is CN(CC(=O)Nc1cccc(Cl)c1Cl)C1CC2CCC(C1)N2.Cl. The quantitative estimate of drug-likeness (QED) is 0.842. The molecular formula is C16H22Cl3N3O. The molecule has 2 heterocycles. The van der Waals surface area contributed by atoms with Crippen molar-refractivity contribution < 1.29 is 4.79 Å². The maximum absolute atomic E-state index is 12.2. The molecule has 2 unspecified atom stereocenters. The highest BCUT2D eigenvalue weighted by molar-refractivity contribution is 6.43. The number of anilines is 1. The van der Waals surface area contributed by atoms with Gasteiger partial charge in [0.2, 0.25) is 5.91 Å². The molecule has 2 bridgehead atoms. The van der Waals surface area contributed by atoms with E-state index < -0.39 is 0 Å². The van der Waals surface area contributed by atoms with E-state index in [-0.39, 0.29) is 18.3 Å². The van der Waals surface area contributed by atoms with Gasteiger partial charge in [0.25, 0.3) is 0 Å². The van der Waals surface area contributed by atoms with Crippen LogP contribution in [-0.2, 0) is 4.79 Å². The molecule has 2 N–H and O–H groups in total. The molecule has 0 aromatic heterocycles. The molecule has 3 rings (SSSR count). The van der Waals surface area contributed by atoms with E-state index in [0.29, 0.717) is 40.4 Å². The minimum absolute atomic E-state index is 0. The normalized spacial score (nSPS) is 26.0. The summed E-state index contributed by atoms with van der Waals surface area (Å²) in [7, 11) is 2.02. The van der Waals surface area contributed by atoms with Crippen molar-refractivity contribution in [3.63, 3.8) is 0 Å². The zero-order valence-electron chi connectivity index (χ0n) is 13.0. The van der Waals surface area contributed by atoms with Gasteiger partial charge in [0.15, 0.2) is 0 Å². The number of benzene rings is 1. The third-order valence-electron chi connectivity index (χ3n) is 4.69. The summed E-state index contributed by atoms with van der Waals surface area (Å²) in [5, 5.41) is 7.31. The average molecular weight is 379 g/mol. The second-order valence-electron chi connectivity index (χ2n) is 6.33. The van der Waals surface area contributed by atoms with Crippen molar-refractivity contribution in [3.05, 3.63) is 28.2 Å². The van der Waals surface area contributed by atoms with Crippen LogP contribution in [0.4, 0.5) is 5.69 Å². The molecule has 2 atom stereocenters. The minimum Gasteiger partial charge on any atom is -0.324 e. The van der Waals surface area contributed by atoms with Crippen LogP contribution in [-0.4, -0.2) is 42.5 Å². The molecule has 0 aliphatic carbocycles. The zero-order chi connectivity index (χ0) is 15.7. The standard InChI is InChI=1S/C16H21Cl2N3O.ClH/c1-21(12-7-10-5-6-11(8-12)19-10)9-15(22)20-14-4-2-3-13(17)16(14)18;/h2-4,10-12,19H,5-9H2,1H3,(H,20,22);1H. The van der Waals surface area contributed by atoms with E-state index in [2.05, 4.69) is 15.5 Å². The van der Waals surface area contributed by atoms with Gasteiger partial charge in [-0.1, -0.05) is 29.3 Å². The van der Waals surface area contributed by atoms with Crippen molar-refractivity contribution in [2.45, 2.75) is 43.8 Å². The van der Waals surface area contributed by atoms with Crippen LogP contribution in [0.2, 0.25) is 10.0 Å². The Balaban J connectivity index is 0.00000192. The number of piperidine rings is 1.